The fraction of sp³-hybridized carbons (Fsp3) is 0.133. The Labute approximate surface area is 204 Å². The standard InChI is InChI=1S/C30H26N2O3/c1-3-34-28-17-29-26(27(19-35-29)23-12-11-21-8-4-5-9-22(21)15-23)16-25(28)20(2)14-30(33)32-18-24-10-6-7-13-31-24/h4-17,19H,3,18H2,1-2H3,(H,32,33)/b20-14+. The first-order chi connectivity index (χ1) is 17.1. The maximum Gasteiger partial charge on any atom is 0.244 e. The van der Waals surface area contributed by atoms with Crippen LogP contribution in [0.2, 0.25) is 0 Å². The van der Waals surface area contributed by atoms with Gasteiger partial charge in [0, 0.05) is 34.9 Å². The summed E-state index contributed by atoms with van der Waals surface area (Å²) < 4.78 is 11.8. The van der Waals surface area contributed by atoms with Gasteiger partial charge in [-0.25, -0.2) is 0 Å². The second kappa shape index (κ2) is 9.85. The van der Waals surface area contributed by atoms with Gasteiger partial charge >= 0.3 is 0 Å². The number of ether oxygens (including phenoxy) is 1. The van der Waals surface area contributed by atoms with Crippen molar-refractivity contribution in [3.63, 3.8) is 0 Å². The first-order valence-corrected chi connectivity index (χ1v) is 11.7. The lowest BCUT2D eigenvalue weighted by Crippen LogP contribution is -2.21. The monoisotopic (exact) mass is 462 g/mol. The molecule has 0 bridgehead atoms. The van der Waals surface area contributed by atoms with Crippen molar-refractivity contribution in [3.05, 3.63) is 103 Å². The molecule has 0 fully saturated rings. The third kappa shape index (κ3) is 4.80. The molecular weight excluding hydrogens is 436 g/mol. The van der Waals surface area contributed by atoms with E-state index in [2.05, 4.69) is 40.6 Å². The predicted octanol–water partition coefficient (Wildman–Crippen LogP) is 6.77. The molecule has 5 aromatic rings. The highest BCUT2D eigenvalue weighted by Crippen LogP contribution is 2.38. The van der Waals surface area contributed by atoms with Crippen molar-refractivity contribution in [1.29, 1.82) is 0 Å². The lowest BCUT2D eigenvalue weighted by molar-refractivity contribution is -0.116. The molecule has 5 rings (SSSR count). The van der Waals surface area contributed by atoms with E-state index in [-0.39, 0.29) is 5.91 Å². The molecule has 0 aliphatic carbocycles. The number of benzene rings is 3. The largest absolute Gasteiger partial charge is 0.493 e. The van der Waals surface area contributed by atoms with Crippen LogP contribution in [0.3, 0.4) is 0 Å². The number of furan rings is 1. The Balaban J connectivity index is 1.50. The second-order valence-electron chi connectivity index (χ2n) is 8.36. The van der Waals surface area contributed by atoms with Crippen LogP contribution in [-0.2, 0) is 11.3 Å². The van der Waals surface area contributed by atoms with Crippen molar-refractivity contribution < 1.29 is 13.9 Å². The van der Waals surface area contributed by atoms with E-state index in [1.54, 1.807) is 18.5 Å². The molecule has 2 aromatic heterocycles. The summed E-state index contributed by atoms with van der Waals surface area (Å²) in [6.07, 6.45) is 5.10. The Kier molecular flexibility index (Phi) is 6.31. The van der Waals surface area contributed by atoms with Crippen LogP contribution in [0, 0.1) is 0 Å². The Hall–Kier alpha value is -4.38. The summed E-state index contributed by atoms with van der Waals surface area (Å²) in [4.78, 5) is 16.9. The van der Waals surface area contributed by atoms with Crippen LogP contribution in [0.1, 0.15) is 25.1 Å². The fourth-order valence-electron chi connectivity index (χ4n) is 4.22. The summed E-state index contributed by atoms with van der Waals surface area (Å²) in [5.74, 6) is 0.503. The molecule has 5 heteroatoms. The van der Waals surface area contributed by atoms with Crippen LogP contribution in [0.25, 0.3) is 38.4 Å². The maximum atomic E-state index is 12.6. The smallest absolute Gasteiger partial charge is 0.244 e. The molecule has 174 valence electrons. The van der Waals surface area contributed by atoms with Crippen molar-refractivity contribution in [1.82, 2.24) is 10.3 Å². The van der Waals surface area contributed by atoms with Gasteiger partial charge in [-0.05, 0) is 60.0 Å². The highest BCUT2D eigenvalue weighted by atomic mass is 16.5. The molecule has 0 radical (unpaired) electrons. The molecule has 5 nitrogen and oxygen atoms in total. The molecular formula is C30H26N2O3. The molecule has 3 aromatic carbocycles. The molecule has 1 amide bonds. The van der Waals surface area contributed by atoms with Gasteiger partial charge in [0.15, 0.2) is 0 Å². The maximum absolute atomic E-state index is 12.6. The van der Waals surface area contributed by atoms with Crippen LogP contribution in [-0.4, -0.2) is 17.5 Å². The number of rotatable bonds is 7. The third-order valence-corrected chi connectivity index (χ3v) is 5.98. The molecule has 35 heavy (non-hydrogen) atoms. The highest BCUT2D eigenvalue weighted by Gasteiger charge is 2.15. The van der Waals surface area contributed by atoms with Gasteiger partial charge in [-0.2, -0.15) is 0 Å². The Morgan fingerprint density at radius 1 is 1.03 bits per heavy atom. The number of aromatic nitrogens is 1. The zero-order valence-electron chi connectivity index (χ0n) is 19.7. The fourth-order valence-corrected chi connectivity index (χ4v) is 4.22. The molecule has 0 spiro atoms. The van der Waals surface area contributed by atoms with Gasteiger partial charge in [0.05, 0.1) is 25.1 Å². The minimum Gasteiger partial charge on any atom is -0.493 e. The summed E-state index contributed by atoms with van der Waals surface area (Å²) in [5, 5.41) is 6.24. The SMILES string of the molecule is CCOc1cc2occ(-c3ccc4ccccc4c3)c2cc1/C(C)=C/C(=O)NCc1ccccn1. The van der Waals surface area contributed by atoms with Crippen molar-refractivity contribution in [2.75, 3.05) is 6.61 Å². The van der Waals surface area contributed by atoms with Crippen LogP contribution in [0.5, 0.6) is 5.75 Å². The van der Waals surface area contributed by atoms with Crippen molar-refractivity contribution in [2.45, 2.75) is 20.4 Å². The molecule has 0 aliphatic heterocycles. The first-order valence-electron chi connectivity index (χ1n) is 11.7. The molecule has 0 atom stereocenters. The van der Waals surface area contributed by atoms with E-state index < -0.39 is 0 Å². The minimum absolute atomic E-state index is 0.183. The number of amides is 1. The lowest BCUT2D eigenvalue weighted by atomic mass is 9.97. The quantitative estimate of drug-likeness (QED) is 0.271. The molecule has 0 saturated heterocycles. The van der Waals surface area contributed by atoms with E-state index >= 15 is 0 Å². The number of hydrogen-bond acceptors (Lipinski definition) is 4. The lowest BCUT2D eigenvalue weighted by Gasteiger charge is -2.12. The van der Waals surface area contributed by atoms with Gasteiger partial charge in [-0.1, -0.05) is 42.5 Å². The number of nitrogens with one attached hydrogen (secondary N) is 1. The highest BCUT2D eigenvalue weighted by molar-refractivity contribution is 6.01. The summed E-state index contributed by atoms with van der Waals surface area (Å²) in [7, 11) is 0. The van der Waals surface area contributed by atoms with E-state index in [1.165, 1.54) is 10.8 Å². The van der Waals surface area contributed by atoms with E-state index in [0.717, 1.165) is 38.9 Å². The first kappa shape index (κ1) is 22.4. The van der Waals surface area contributed by atoms with Crippen molar-refractivity contribution in [2.24, 2.45) is 0 Å². The number of pyridine rings is 1. The van der Waals surface area contributed by atoms with Gasteiger partial charge < -0.3 is 14.5 Å². The Morgan fingerprint density at radius 2 is 1.86 bits per heavy atom. The molecule has 2 heterocycles. The predicted molar refractivity (Wildman–Crippen MR) is 140 cm³/mol. The zero-order valence-corrected chi connectivity index (χ0v) is 19.7. The van der Waals surface area contributed by atoms with Gasteiger partial charge in [0.1, 0.15) is 11.3 Å². The number of hydrogen-bond donors (Lipinski definition) is 1. The topological polar surface area (TPSA) is 64.4 Å². The van der Waals surface area contributed by atoms with Crippen LogP contribution in [0.4, 0.5) is 0 Å². The van der Waals surface area contributed by atoms with Gasteiger partial charge in [0.25, 0.3) is 0 Å². The second-order valence-corrected chi connectivity index (χ2v) is 8.36. The molecule has 1 N–H and O–H groups in total. The van der Waals surface area contributed by atoms with Gasteiger partial charge in [0.2, 0.25) is 5.91 Å². The number of fused-ring (bicyclic) bond motifs is 2. The van der Waals surface area contributed by atoms with Gasteiger partial charge in [-0.3, -0.25) is 9.78 Å². The zero-order chi connectivity index (χ0) is 24.2. The Morgan fingerprint density at radius 3 is 2.66 bits per heavy atom. The van der Waals surface area contributed by atoms with Crippen LogP contribution >= 0.6 is 0 Å². The average Bonchev–Trinajstić information content (AvgIpc) is 3.30. The summed E-state index contributed by atoms with van der Waals surface area (Å²) in [5.41, 5.74) is 5.29. The van der Waals surface area contributed by atoms with E-state index in [1.807, 2.05) is 56.3 Å². The Bertz CT molecular complexity index is 1530. The van der Waals surface area contributed by atoms with E-state index in [0.29, 0.717) is 18.9 Å². The average molecular weight is 463 g/mol. The normalized spacial score (nSPS) is 11.7. The van der Waals surface area contributed by atoms with Crippen molar-refractivity contribution >= 4 is 33.2 Å². The van der Waals surface area contributed by atoms with Crippen LogP contribution < -0.4 is 10.1 Å². The molecule has 0 saturated carbocycles. The summed E-state index contributed by atoms with van der Waals surface area (Å²) in [6, 6.07) is 24.3. The van der Waals surface area contributed by atoms with Crippen LogP contribution in [0.15, 0.2) is 95.7 Å². The number of carbonyl (C=O) groups excluding carboxylic acids is 1. The van der Waals surface area contributed by atoms with Crippen molar-refractivity contribution in [3.8, 4) is 16.9 Å². The summed E-state index contributed by atoms with van der Waals surface area (Å²) >= 11 is 0. The molecule has 0 aliphatic rings. The minimum atomic E-state index is -0.183. The number of nitrogens with zero attached hydrogens (tertiary/aromatic N) is 1. The molecule has 0 unspecified atom stereocenters. The van der Waals surface area contributed by atoms with E-state index in [9.17, 15) is 4.79 Å². The number of carbonyl (C=O) groups is 1. The van der Waals surface area contributed by atoms with E-state index in [4.69, 9.17) is 9.15 Å². The van der Waals surface area contributed by atoms with Gasteiger partial charge in [-0.15, -0.1) is 0 Å². The summed E-state index contributed by atoms with van der Waals surface area (Å²) in [6.45, 7) is 4.74. The number of allylic oxidation sites excluding steroid dienone is 1. The third-order valence-electron chi connectivity index (χ3n) is 5.98.